The molecule has 0 unspecified atom stereocenters. The van der Waals surface area contributed by atoms with E-state index in [1.54, 1.807) is 0 Å². The van der Waals surface area contributed by atoms with Crippen LogP contribution in [-0.2, 0) is 22.4 Å². The van der Waals surface area contributed by atoms with Crippen LogP contribution in [0.1, 0.15) is 16.8 Å². The first-order valence-electron chi connectivity index (χ1n) is 9.90. The first-order valence-corrected chi connectivity index (χ1v) is 12.6. The van der Waals surface area contributed by atoms with Gasteiger partial charge < -0.3 is 4.74 Å². The van der Waals surface area contributed by atoms with Gasteiger partial charge in [-0.25, -0.2) is 27.9 Å². The maximum atomic E-state index is 13.8. The minimum absolute atomic E-state index is 0.0688. The van der Waals surface area contributed by atoms with Gasteiger partial charge >= 0.3 is 18.4 Å². The van der Waals surface area contributed by atoms with Gasteiger partial charge in [0.25, 0.3) is 0 Å². The number of halogens is 7. The van der Waals surface area contributed by atoms with Crippen LogP contribution in [-0.4, -0.2) is 29.1 Å². The molecule has 0 saturated carbocycles. The van der Waals surface area contributed by atoms with Gasteiger partial charge in [0.15, 0.2) is 17.1 Å². The van der Waals surface area contributed by atoms with Crippen LogP contribution < -0.4 is 15.2 Å². The van der Waals surface area contributed by atoms with Crippen molar-refractivity contribution >= 4 is 50.4 Å². The summed E-state index contributed by atoms with van der Waals surface area (Å²) in [5.41, 5.74) is -3.78. The Bertz CT molecular complexity index is 1680. The highest BCUT2D eigenvalue weighted by Gasteiger charge is 2.36. The number of primary sulfonamides is 1. The topological polar surface area (TPSA) is 129 Å². The van der Waals surface area contributed by atoms with Gasteiger partial charge in [0.2, 0.25) is 10.0 Å². The van der Waals surface area contributed by atoms with Crippen LogP contribution in [0.15, 0.2) is 40.7 Å². The molecule has 0 aliphatic heterocycles. The molecule has 0 radical (unpaired) electrons. The second-order valence-electron chi connectivity index (χ2n) is 7.61. The van der Waals surface area contributed by atoms with E-state index < -0.39 is 51.1 Å². The number of rotatable bonds is 4. The molecule has 0 aliphatic carbocycles. The lowest BCUT2D eigenvalue weighted by Gasteiger charge is -2.14. The SMILES string of the molecule is Cc1cc(-c2cc(C(F)(F)F)n3ncc(OC(=O)Nc4cc(S(N)(=O)=O)sc4Cl)c3n2)ccc1C(F)(F)F. The van der Waals surface area contributed by atoms with Crippen LogP contribution in [0.4, 0.5) is 36.8 Å². The van der Waals surface area contributed by atoms with Crippen molar-refractivity contribution in [3.05, 3.63) is 57.7 Å². The number of nitrogens with zero attached hydrogens (tertiary/aromatic N) is 3. The van der Waals surface area contributed by atoms with Crippen molar-refractivity contribution in [2.24, 2.45) is 5.14 Å². The molecule has 3 N–H and O–H groups in total. The lowest BCUT2D eigenvalue weighted by atomic mass is 10.0. The van der Waals surface area contributed by atoms with Gasteiger partial charge in [-0.3, -0.25) is 5.32 Å². The van der Waals surface area contributed by atoms with E-state index in [4.69, 9.17) is 21.5 Å². The molecule has 9 nitrogen and oxygen atoms in total. The summed E-state index contributed by atoms with van der Waals surface area (Å²) in [5.74, 6) is -0.545. The maximum absolute atomic E-state index is 13.8. The molecule has 18 heteroatoms. The molecular formula is C20H12ClF6N5O4S2. The number of carbonyl (C=O) groups is 1. The molecule has 4 aromatic rings. The van der Waals surface area contributed by atoms with Crippen molar-refractivity contribution in [2.45, 2.75) is 23.5 Å². The third-order valence-corrected chi connectivity index (χ3v) is 7.72. The minimum atomic E-state index is -4.98. The molecule has 1 aromatic carbocycles. The van der Waals surface area contributed by atoms with Crippen LogP contribution in [0.2, 0.25) is 4.34 Å². The van der Waals surface area contributed by atoms with Gasteiger partial charge in [-0.05, 0) is 36.8 Å². The van der Waals surface area contributed by atoms with E-state index in [0.717, 1.165) is 31.3 Å². The number of nitrogens with two attached hydrogens (primary N) is 1. The molecule has 0 bridgehead atoms. The number of amides is 1. The van der Waals surface area contributed by atoms with E-state index in [0.29, 0.717) is 28.0 Å². The van der Waals surface area contributed by atoms with Gasteiger partial charge in [0, 0.05) is 5.56 Å². The number of alkyl halides is 6. The third kappa shape index (κ3) is 5.54. The van der Waals surface area contributed by atoms with E-state index in [9.17, 15) is 39.6 Å². The molecule has 0 fully saturated rings. The molecular weight excluding hydrogens is 588 g/mol. The summed E-state index contributed by atoms with van der Waals surface area (Å²) < 4.78 is 108. The Morgan fingerprint density at radius 2 is 1.82 bits per heavy atom. The van der Waals surface area contributed by atoms with Gasteiger partial charge in [0.05, 0.1) is 23.1 Å². The second kappa shape index (κ2) is 9.40. The van der Waals surface area contributed by atoms with Crippen molar-refractivity contribution < 1.29 is 44.3 Å². The number of carbonyl (C=O) groups excluding carboxylic acids is 1. The number of benzene rings is 1. The van der Waals surface area contributed by atoms with E-state index in [1.807, 2.05) is 0 Å². The highest BCUT2D eigenvalue weighted by Crippen LogP contribution is 2.37. The number of nitrogens with one attached hydrogen (secondary N) is 1. The first-order chi connectivity index (χ1) is 17.4. The van der Waals surface area contributed by atoms with Crippen LogP contribution in [0.3, 0.4) is 0 Å². The van der Waals surface area contributed by atoms with E-state index in [2.05, 4.69) is 15.4 Å². The smallest absolute Gasteiger partial charge is 0.404 e. The maximum Gasteiger partial charge on any atom is 0.433 e. The minimum Gasteiger partial charge on any atom is -0.404 e. The molecule has 0 saturated heterocycles. The van der Waals surface area contributed by atoms with Crippen LogP contribution in [0.5, 0.6) is 5.75 Å². The fourth-order valence-electron chi connectivity index (χ4n) is 3.31. The van der Waals surface area contributed by atoms with Gasteiger partial charge in [-0.15, -0.1) is 11.3 Å². The molecule has 4 rings (SSSR count). The number of fused-ring (bicyclic) bond motifs is 1. The summed E-state index contributed by atoms with van der Waals surface area (Å²) >= 11 is 6.43. The molecule has 3 aromatic heterocycles. The van der Waals surface area contributed by atoms with E-state index in [1.165, 1.54) is 0 Å². The number of aryl methyl sites for hydroxylation is 1. The summed E-state index contributed by atoms with van der Waals surface area (Å²) in [6.45, 7) is 1.14. The van der Waals surface area contributed by atoms with E-state index >= 15 is 0 Å². The van der Waals surface area contributed by atoms with Crippen molar-refractivity contribution in [3.63, 3.8) is 0 Å². The zero-order valence-electron chi connectivity index (χ0n) is 18.5. The summed E-state index contributed by atoms with van der Waals surface area (Å²) in [6.07, 6.45) is -10.2. The summed E-state index contributed by atoms with van der Waals surface area (Å²) in [7, 11) is -4.13. The average molecular weight is 600 g/mol. The second-order valence-corrected chi connectivity index (χ2v) is 11.1. The lowest BCUT2D eigenvalue weighted by molar-refractivity contribution is -0.142. The van der Waals surface area contributed by atoms with Gasteiger partial charge in [-0.1, -0.05) is 17.7 Å². The zero-order chi connectivity index (χ0) is 28.2. The number of hydrogen-bond donors (Lipinski definition) is 2. The standard InChI is InChI=1S/C20H12ClF6N5O4S2/c1-8-4-9(2-3-10(8)19(22,23)24)11-5-14(20(25,26)27)32-17(30-11)13(7-29-32)36-18(33)31-12-6-15(37-16(12)21)38(28,34)35/h2-7H,1H3,(H,31,33)(H2,28,34,35). The normalized spacial score (nSPS) is 12.7. The Labute approximate surface area is 217 Å². The predicted molar refractivity (Wildman–Crippen MR) is 124 cm³/mol. The Kier molecular flexibility index (Phi) is 6.84. The zero-order valence-corrected chi connectivity index (χ0v) is 20.9. The molecule has 38 heavy (non-hydrogen) atoms. The number of aromatic nitrogens is 3. The number of hydrogen-bond acceptors (Lipinski definition) is 7. The van der Waals surface area contributed by atoms with Crippen LogP contribution in [0.25, 0.3) is 16.9 Å². The monoisotopic (exact) mass is 599 g/mol. The molecule has 3 heterocycles. The van der Waals surface area contributed by atoms with Crippen molar-refractivity contribution in [2.75, 3.05) is 5.32 Å². The quantitative estimate of drug-likeness (QED) is 0.289. The summed E-state index contributed by atoms with van der Waals surface area (Å²) in [6, 6.07) is 4.23. The number of anilines is 1. The number of thiophene rings is 1. The Morgan fingerprint density at radius 3 is 2.37 bits per heavy atom. The van der Waals surface area contributed by atoms with E-state index in [-0.39, 0.29) is 31.1 Å². The Hall–Kier alpha value is -3.41. The fourth-order valence-corrected chi connectivity index (χ4v) is 5.37. The molecule has 0 aliphatic rings. The fraction of sp³-hybridized carbons (Fsp3) is 0.150. The number of ether oxygens (including phenoxy) is 1. The summed E-state index contributed by atoms with van der Waals surface area (Å²) in [5, 5.41) is 10.7. The van der Waals surface area contributed by atoms with Crippen molar-refractivity contribution in [1.29, 1.82) is 0 Å². The number of sulfonamides is 1. The van der Waals surface area contributed by atoms with Crippen molar-refractivity contribution in [3.8, 4) is 17.0 Å². The van der Waals surface area contributed by atoms with Crippen LogP contribution in [0, 0.1) is 6.92 Å². The first kappa shape index (κ1) is 27.6. The molecule has 0 spiro atoms. The van der Waals surface area contributed by atoms with Gasteiger partial charge in [0.1, 0.15) is 8.55 Å². The van der Waals surface area contributed by atoms with Crippen molar-refractivity contribution in [1.82, 2.24) is 14.6 Å². The lowest BCUT2D eigenvalue weighted by Crippen LogP contribution is -2.17. The molecule has 1 amide bonds. The highest BCUT2D eigenvalue weighted by atomic mass is 35.5. The molecule has 202 valence electrons. The third-order valence-electron chi connectivity index (χ3n) is 4.94. The largest absolute Gasteiger partial charge is 0.433 e. The Morgan fingerprint density at radius 1 is 1.13 bits per heavy atom. The van der Waals surface area contributed by atoms with Gasteiger partial charge in [-0.2, -0.15) is 31.4 Å². The molecule has 0 atom stereocenters. The average Bonchev–Trinajstić information content (AvgIpc) is 3.34. The summed E-state index contributed by atoms with van der Waals surface area (Å²) in [4.78, 5) is 16.4. The Balaban J connectivity index is 1.74. The highest BCUT2D eigenvalue weighted by molar-refractivity contribution is 7.91. The van der Waals surface area contributed by atoms with Crippen LogP contribution >= 0.6 is 22.9 Å². The predicted octanol–water partition coefficient (Wildman–Crippen LogP) is 5.72.